The topological polar surface area (TPSA) is 63.0 Å². The van der Waals surface area contributed by atoms with E-state index in [1.807, 2.05) is 37.3 Å². The number of hydrogen-bond acceptors (Lipinski definition) is 6. The van der Waals surface area contributed by atoms with E-state index in [1.54, 1.807) is 34.6 Å². The molecule has 0 aliphatic rings. The maximum absolute atomic E-state index is 5.61. The molecular weight excluding hydrogens is 334 g/mol. The van der Waals surface area contributed by atoms with Crippen LogP contribution in [0.2, 0.25) is 0 Å². The molecule has 0 saturated heterocycles. The second kappa shape index (κ2) is 7.39. The molecule has 0 saturated carbocycles. The first kappa shape index (κ1) is 17.7. The molecule has 1 aromatic heterocycles. The van der Waals surface area contributed by atoms with Crippen molar-refractivity contribution in [2.75, 3.05) is 28.4 Å². The maximum Gasteiger partial charge on any atom is 0.207 e. The summed E-state index contributed by atoms with van der Waals surface area (Å²) in [6.45, 7) is 2.04. The molecule has 0 N–H and O–H groups in total. The van der Waals surface area contributed by atoms with E-state index in [2.05, 4.69) is 5.16 Å². The Labute approximate surface area is 152 Å². The number of rotatable bonds is 6. The van der Waals surface area contributed by atoms with Crippen molar-refractivity contribution in [2.45, 2.75) is 6.92 Å². The van der Waals surface area contributed by atoms with Gasteiger partial charge in [0.05, 0.1) is 40.2 Å². The summed E-state index contributed by atoms with van der Waals surface area (Å²) in [6.07, 6.45) is 1.65. The SMILES string of the molecule is COc1cc(-c2cnoc2-c2ccc(C)cc2)c(OC)c(OC)c1OC. The van der Waals surface area contributed by atoms with Gasteiger partial charge in [0.1, 0.15) is 0 Å². The summed E-state index contributed by atoms with van der Waals surface area (Å²) in [4.78, 5) is 0. The Morgan fingerprint density at radius 2 is 1.42 bits per heavy atom. The molecule has 0 fully saturated rings. The molecule has 3 rings (SSSR count). The molecule has 0 aliphatic carbocycles. The maximum atomic E-state index is 5.61. The number of ether oxygens (including phenoxy) is 4. The molecular formula is C20H21NO5. The Hall–Kier alpha value is -3.15. The lowest BCUT2D eigenvalue weighted by atomic mass is 10.00. The highest BCUT2D eigenvalue weighted by molar-refractivity contribution is 5.86. The monoisotopic (exact) mass is 355 g/mol. The highest BCUT2D eigenvalue weighted by Crippen LogP contribution is 2.51. The zero-order valence-electron chi connectivity index (χ0n) is 15.5. The van der Waals surface area contributed by atoms with E-state index in [9.17, 15) is 0 Å². The first-order valence-corrected chi connectivity index (χ1v) is 8.03. The summed E-state index contributed by atoms with van der Waals surface area (Å²) in [6, 6.07) is 9.85. The van der Waals surface area contributed by atoms with Gasteiger partial charge in [-0.05, 0) is 13.0 Å². The smallest absolute Gasteiger partial charge is 0.207 e. The molecule has 0 spiro atoms. The van der Waals surface area contributed by atoms with Crippen LogP contribution in [0.1, 0.15) is 5.56 Å². The van der Waals surface area contributed by atoms with E-state index < -0.39 is 0 Å². The molecule has 0 amide bonds. The van der Waals surface area contributed by atoms with E-state index in [0.29, 0.717) is 28.8 Å². The predicted octanol–water partition coefficient (Wildman–Crippen LogP) is 4.35. The lowest BCUT2D eigenvalue weighted by Gasteiger charge is -2.18. The molecule has 0 atom stereocenters. The number of aryl methyl sites for hydroxylation is 1. The Morgan fingerprint density at radius 3 is 2.00 bits per heavy atom. The lowest BCUT2D eigenvalue weighted by Crippen LogP contribution is -2.00. The fourth-order valence-electron chi connectivity index (χ4n) is 2.88. The molecule has 3 aromatic rings. The third-order valence-electron chi connectivity index (χ3n) is 4.16. The van der Waals surface area contributed by atoms with Gasteiger partial charge in [0.15, 0.2) is 17.3 Å². The average molecular weight is 355 g/mol. The Balaban J connectivity index is 2.25. The van der Waals surface area contributed by atoms with Gasteiger partial charge >= 0.3 is 0 Å². The lowest BCUT2D eigenvalue weighted by molar-refractivity contribution is 0.306. The van der Waals surface area contributed by atoms with E-state index in [-0.39, 0.29) is 0 Å². The zero-order chi connectivity index (χ0) is 18.7. The van der Waals surface area contributed by atoms with Crippen molar-refractivity contribution >= 4 is 0 Å². The van der Waals surface area contributed by atoms with E-state index >= 15 is 0 Å². The summed E-state index contributed by atoms with van der Waals surface area (Å²) in [7, 11) is 6.25. The minimum Gasteiger partial charge on any atom is -0.493 e. The van der Waals surface area contributed by atoms with Crippen LogP contribution >= 0.6 is 0 Å². The van der Waals surface area contributed by atoms with Crippen LogP contribution in [0.5, 0.6) is 23.0 Å². The molecule has 26 heavy (non-hydrogen) atoms. The van der Waals surface area contributed by atoms with Gasteiger partial charge in [0, 0.05) is 11.1 Å². The number of nitrogens with zero attached hydrogens (tertiary/aromatic N) is 1. The fraction of sp³-hybridized carbons (Fsp3) is 0.250. The summed E-state index contributed by atoms with van der Waals surface area (Å²) >= 11 is 0. The standard InChI is InChI=1S/C20H21NO5/c1-12-6-8-13(9-7-12)17-15(11-21-26-17)14-10-16(22-2)19(24-4)20(25-5)18(14)23-3/h6-11H,1-5H3. The van der Waals surface area contributed by atoms with Crippen LogP contribution in [0.25, 0.3) is 22.5 Å². The van der Waals surface area contributed by atoms with Gasteiger partial charge in [0.25, 0.3) is 0 Å². The van der Waals surface area contributed by atoms with Gasteiger partial charge in [-0.2, -0.15) is 0 Å². The van der Waals surface area contributed by atoms with Crippen molar-refractivity contribution in [3.8, 4) is 45.4 Å². The number of methoxy groups -OCH3 is 4. The van der Waals surface area contributed by atoms with Gasteiger partial charge in [-0.3, -0.25) is 0 Å². The van der Waals surface area contributed by atoms with Crippen LogP contribution in [0, 0.1) is 6.92 Å². The molecule has 0 radical (unpaired) electrons. The molecule has 136 valence electrons. The van der Waals surface area contributed by atoms with E-state index in [1.165, 1.54) is 5.56 Å². The van der Waals surface area contributed by atoms with Crippen LogP contribution in [0.15, 0.2) is 41.1 Å². The molecule has 1 heterocycles. The van der Waals surface area contributed by atoms with Gasteiger partial charge in [-0.1, -0.05) is 35.0 Å². The highest BCUT2D eigenvalue weighted by atomic mass is 16.5. The summed E-state index contributed by atoms with van der Waals surface area (Å²) in [5, 5.41) is 3.98. The summed E-state index contributed by atoms with van der Waals surface area (Å²) < 4.78 is 27.6. The van der Waals surface area contributed by atoms with Crippen molar-refractivity contribution in [2.24, 2.45) is 0 Å². The number of aromatic nitrogens is 1. The fourth-order valence-corrected chi connectivity index (χ4v) is 2.88. The van der Waals surface area contributed by atoms with Crippen molar-refractivity contribution in [3.63, 3.8) is 0 Å². The van der Waals surface area contributed by atoms with Gasteiger partial charge in [-0.15, -0.1) is 0 Å². The molecule has 0 bridgehead atoms. The highest BCUT2D eigenvalue weighted by Gasteiger charge is 2.25. The first-order chi connectivity index (χ1) is 12.6. The third-order valence-corrected chi connectivity index (χ3v) is 4.16. The molecule has 6 nitrogen and oxygen atoms in total. The van der Waals surface area contributed by atoms with Crippen molar-refractivity contribution in [1.82, 2.24) is 5.16 Å². The Morgan fingerprint density at radius 1 is 0.769 bits per heavy atom. The largest absolute Gasteiger partial charge is 0.493 e. The van der Waals surface area contributed by atoms with E-state index in [4.69, 9.17) is 23.5 Å². The second-order valence-electron chi connectivity index (χ2n) is 5.66. The quantitative estimate of drug-likeness (QED) is 0.655. The van der Waals surface area contributed by atoms with Crippen molar-refractivity contribution in [1.29, 1.82) is 0 Å². The normalized spacial score (nSPS) is 10.5. The van der Waals surface area contributed by atoms with Crippen molar-refractivity contribution < 1.29 is 23.5 Å². The van der Waals surface area contributed by atoms with Gasteiger partial charge in [0.2, 0.25) is 11.5 Å². The Bertz CT molecular complexity index is 899. The summed E-state index contributed by atoms with van der Waals surface area (Å²) in [5.74, 6) is 2.58. The molecule has 0 unspecified atom stereocenters. The van der Waals surface area contributed by atoms with Gasteiger partial charge < -0.3 is 23.5 Å². The molecule has 0 aliphatic heterocycles. The summed E-state index contributed by atoms with van der Waals surface area (Å²) in [5.41, 5.74) is 3.59. The van der Waals surface area contributed by atoms with Crippen molar-refractivity contribution in [3.05, 3.63) is 42.1 Å². The average Bonchev–Trinajstić information content (AvgIpc) is 3.16. The predicted molar refractivity (Wildman–Crippen MR) is 98.3 cm³/mol. The first-order valence-electron chi connectivity index (χ1n) is 8.03. The molecule has 6 heteroatoms. The van der Waals surface area contributed by atoms with Gasteiger partial charge in [-0.25, -0.2) is 0 Å². The Kier molecular flexibility index (Phi) is 5.02. The minimum absolute atomic E-state index is 0.445. The zero-order valence-corrected chi connectivity index (χ0v) is 15.5. The van der Waals surface area contributed by atoms with Crippen LogP contribution in [-0.4, -0.2) is 33.6 Å². The number of benzene rings is 2. The molecule has 2 aromatic carbocycles. The van der Waals surface area contributed by atoms with E-state index in [0.717, 1.165) is 16.7 Å². The minimum atomic E-state index is 0.445. The third kappa shape index (κ3) is 2.94. The number of hydrogen-bond donors (Lipinski definition) is 0. The van der Waals surface area contributed by atoms with Crippen LogP contribution < -0.4 is 18.9 Å². The van der Waals surface area contributed by atoms with Crippen LogP contribution in [0.4, 0.5) is 0 Å². The van der Waals surface area contributed by atoms with Crippen LogP contribution in [0.3, 0.4) is 0 Å². The van der Waals surface area contributed by atoms with Crippen LogP contribution in [-0.2, 0) is 0 Å². The second-order valence-corrected chi connectivity index (χ2v) is 5.66.